The molecule has 0 aromatic heterocycles. The molecule has 25 heavy (non-hydrogen) atoms. The van der Waals surface area contributed by atoms with Crippen molar-refractivity contribution < 1.29 is 22.7 Å². The Labute approximate surface area is 148 Å². The number of benzene rings is 1. The molecule has 1 aromatic carbocycles. The van der Waals surface area contributed by atoms with Crippen molar-refractivity contribution in [1.29, 1.82) is 0 Å². The summed E-state index contributed by atoms with van der Waals surface area (Å²) in [4.78, 5) is 26.8. The summed E-state index contributed by atoms with van der Waals surface area (Å²) < 4.78 is 28.5. The third kappa shape index (κ3) is 4.12. The summed E-state index contributed by atoms with van der Waals surface area (Å²) in [5, 5.41) is 2.71. The number of carbonyl (C=O) groups excluding carboxylic acids is 2. The van der Waals surface area contributed by atoms with Gasteiger partial charge in [-0.25, -0.2) is 8.42 Å². The number of rotatable bonds is 5. The second kappa shape index (κ2) is 7.03. The zero-order valence-electron chi connectivity index (χ0n) is 14.9. The quantitative estimate of drug-likeness (QED) is 0.791. The molecule has 0 bridgehead atoms. The lowest BCUT2D eigenvalue weighted by Crippen LogP contribution is -2.49. The van der Waals surface area contributed by atoms with Crippen LogP contribution in [0.15, 0.2) is 24.3 Å². The van der Waals surface area contributed by atoms with Crippen LogP contribution in [0.5, 0.6) is 5.75 Å². The maximum Gasteiger partial charge on any atom is 0.239 e. The zero-order valence-corrected chi connectivity index (χ0v) is 15.7. The van der Waals surface area contributed by atoms with Crippen LogP contribution in [0.4, 0.5) is 5.69 Å². The van der Waals surface area contributed by atoms with Crippen molar-refractivity contribution in [3.63, 3.8) is 0 Å². The maximum atomic E-state index is 12.8. The van der Waals surface area contributed by atoms with E-state index < -0.39 is 33.1 Å². The van der Waals surface area contributed by atoms with Gasteiger partial charge in [0.15, 0.2) is 9.84 Å². The van der Waals surface area contributed by atoms with E-state index in [0.29, 0.717) is 17.9 Å². The predicted molar refractivity (Wildman–Crippen MR) is 95.2 cm³/mol. The van der Waals surface area contributed by atoms with Crippen molar-refractivity contribution in [3.8, 4) is 5.75 Å². The normalized spacial score (nSPS) is 19.3. The number of methoxy groups -OCH3 is 1. The van der Waals surface area contributed by atoms with Crippen LogP contribution in [-0.4, -0.2) is 56.8 Å². The third-order valence-corrected chi connectivity index (χ3v) is 6.28. The number of hydrogen-bond acceptors (Lipinski definition) is 5. The maximum absolute atomic E-state index is 12.8. The molecule has 1 unspecified atom stereocenters. The molecule has 7 nitrogen and oxygen atoms in total. The lowest BCUT2D eigenvalue weighted by atomic mass is 9.89. The summed E-state index contributed by atoms with van der Waals surface area (Å²) >= 11 is 0. The first-order chi connectivity index (χ1) is 11.6. The number of hydrogen-bond donors (Lipinski definition) is 1. The summed E-state index contributed by atoms with van der Waals surface area (Å²) in [6.45, 7) is 3.06. The summed E-state index contributed by atoms with van der Waals surface area (Å²) in [6.07, 6.45) is 0.398. The van der Waals surface area contributed by atoms with Crippen LogP contribution in [0, 0.1) is 5.41 Å². The van der Waals surface area contributed by atoms with Gasteiger partial charge in [-0.1, -0.05) is 12.1 Å². The van der Waals surface area contributed by atoms with Crippen molar-refractivity contribution in [1.82, 2.24) is 4.90 Å². The Morgan fingerprint density at radius 1 is 1.28 bits per heavy atom. The molecule has 1 saturated heterocycles. The van der Waals surface area contributed by atoms with Gasteiger partial charge < -0.3 is 15.0 Å². The van der Waals surface area contributed by atoms with Crippen LogP contribution in [0.25, 0.3) is 0 Å². The van der Waals surface area contributed by atoms with Gasteiger partial charge >= 0.3 is 0 Å². The Morgan fingerprint density at radius 3 is 2.48 bits per heavy atom. The van der Waals surface area contributed by atoms with Crippen molar-refractivity contribution in [2.45, 2.75) is 26.3 Å². The molecule has 1 aliphatic rings. The third-order valence-electron chi connectivity index (χ3n) is 4.53. The summed E-state index contributed by atoms with van der Waals surface area (Å²) in [5.74, 6) is -0.381. The van der Waals surface area contributed by atoms with E-state index in [1.807, 2.05) is 0 Å². The van der Waals surface area contributed by atoms with Crippen molar-refractivity contribution in [2.24, 2.45) is 5.41 Å². The Bertz CT molecular complexity index is 773. The summed E-state index contributed by atoms with van der Waals surface area (Å²) in [5.41, 5.74) is -0.871. The molecule has 1 heterocycles. The molecule has 1 aliphatic heterocycles. The van der Waals surface area contributed by atoms with Gasteiger partial charge in [0.1, 0.15) is 11.2 Å². The molecular weight excluding hydrogens is 344 g/mol. The van der Waals surface area contributed by atoms with Crippen LogP contribution >= 0.6 is 0 Å². The summed E-state index contributed by atoms with van der Waals surface area (Å²) in [6, 6.07) is 6.53. The number of nitrogens with one attached hydrogen (secondary N) is 1. The lowest BCUT2D eigenvalue weighted by Gasteiger charge is -2.31. The van der Waals surface area contributed by atoms with E-state index in [0.717, 1.165) is 0 Å². The summed E-state index contributed by atoms with van der Waals surface area (Å²) in [7, 11) is -0.0651. The molecular formula is C17H24N2O5S. The van der Waals surface area contributed by atoms with Crippen molar-refractivity contribution >= 4 is 27.3 Å². The number of para-hydroxylation sites is 2. The van der Waals surface area contributed by atoms with Gasteiger partial charge in [-0.15, -0.1) is 0 Å². The van der Waals surface area contributed by atoms with Gasteiger partial charge in [0.2, 0.25) is 11.8 Å². The van der Waals surface area contributed by atoms with Gasteiger partial charge in [0, 0.05) is 13.1 Å². The zero-order chi connectivity index (χ0) is 18.8. The molecule has 0 saturated carbocycles. The Kier molecular flexibility index (Phi) is 5.41. The molecule has 1 N–H and O–H groups in total. The fourth-order valence-corrected chi connectivity index (χ4v) is 4.59. The van der Waals surface area contributed by atoms with E-state index in [-0.39, 0.29) is 11.5 Å². The highest BCUT2D eigenvalue weighted by atomic mass is 32.2. The second-order valence-corrected chi connectivity index (χ2v) is 8.98. The molecule has 2 rings (SSSR count). The predicted octanol–water partition coefficient (Wildman–Crippen LogP) is 1.31. The minimum atomic E-state index is -3.11. The van der Waals surface area contributed by atoms with Crippen LogP contribution < -0.4 is 10.1 Å². The van der Waals surface area contributed by atoms with Gasteiger partial charge in [0.25, 0.3) is 0 Å². The number of ether oxygens (including phenoxy) is 1. The fourth-order valence-electron chi connectivity index (χ4n) is 2.81. The molecule has 1 atom stereocenters. The first-order valence-electron chi connectivity index (χ1n) is 8.00. The Balaban J connectivity index is 2.13. The van der Waals surface area contributed by atoms with E-state index >= 15 is 0 Å². The van der Waals surface area contributed by atoms with Crippen molar-refractivity contribution in [2.75, 3.05) is 31.0 Å². The van der Waals surface area contributed by atoms with Crippen molar-refractivity contribution in [3.05, 3.63) is 24.3 Å². The highest BCUT2D eigenvalue weighted by Crippen LogP contribution is 2.28. The van der Waals surface area contributed by atoms with Gasteiger partial charge in [0.05, 0.1) is 24.3 Å². The van der Waals surface area contributed by atoms with E-state index in [1.165, 1.54) is 25.9 Å². The average molecular weight is 368 g/mol. The average Bonchev–Trinajstić information content (AvgIpc) is 2.93. The molecule has 8 heteroatoms. The number of carbonyl (C=O) groups is 2. The van der Waals surface area contributed by atoms with Gasteiger partial charge in [-0.3, -0.25) is 9.59 Å². The van der Waals surface area contributed by atoms with Gasteiger partial charge in [-0.05, 0) is 32.4 Å². The SMILES string of the molecule is COc1ccccc1NC(=O)C(C)(C)C(=O)N(C)C1CCS(=O)(=O)C1. The van der Waals surface area contributed by atoms with Crippen LogP contribution in [-0.2, 0) is 19.4 Å². The number of sulfone groups is 1. The smallest absolute Gasteiger partial charge is 0.239 e. The van der Waals surface area contributed by atoms with Gasteiger partial charge in [-0.2, -0.15) is 0 Å². The largest absolute Gasteiger partial charge is 0.495 e. The van der Waals surface area contributed by atoms with E-state index in [1.54, 1.807) is 31.3 Å². The molecule has 1 fully saturated rings. The minimum absolute atomic E-state index is 0.0561. The first kappa shape index (κ1) is 19.2. The second-order valence-electron chi connectivity index (χ2n) is 6.75. The van der Waals surface area contributed by atoms with Crippen LogP contribution in [0.1, 0.15) is 20.3 Å². The molecule has 2 amide bonds. The van der Waals surface area contributed by atoms with E-state index in [2.05, 4.69) is 5.32 Å². The standard InChI is InChI=1S/C17H24N2O5S/c1-17(2,15(20)18-13-7-5-6-8-14(13)24-4)16(21)19(3)12-9-10-25(22,23)11-12/h5-8,12H,9-11H2,1-4H3,(H,18,20). The monoisotopic (exact) mass is 368 g/mol. The van der Waals surface area contributed by atoms with Crippen LogP contribution in [0.2, 0.25) is 0 Å². The van der Waals surface area contributed by atoms with E-state index in [9.17, 15) is 18.0 Å². The molecule has 0 spiro atoms. The highest BCUT2D eigenvalue weighted by molar-refractivity contribution is 7.91. The number of anilines is 1. The molecule has 138 valence electrons. The Morgan fingerprint density at radius 2 is 1.92 bits per heavy atom. The van der Waals surface area contributed by atoms with E-state index in [4.69, 9.17) is 4.74 Å². The van der Waals surface area contributed by atoms with Crippen LogP contribution in [0.3, 0.4) is 0 Å². The molecule has 0 radical (unpaired) electrons. The minimum Gasteiger partial charge on any atom is -0.495 e. The molecule has 1 aromatic rings. The number of amides is 2. The first-order valence-corrected chi connectivity index (χ1v) is 9.83. The Hall–Kier alpha value is -2.09. The molecule has 0 aliphatic carbocycles. The highest BCUT2D eigenvalue weighted by Gasteiger charge is 2.42. The topological polar surface area (TPSA) is 92.8 Å². The lowest BCUT2D eigenvalue weighted by molar-refractivity contribution is -0.146. The number of nitrogens with zero attached hydrogens (tertiary/aromatic N) is 1. The fraction of sp³-hybridized carbons (Fsp3) is 0.529.